The summed E-state index contributed by atoms with van der Waals surface area (Å²) in [5, 5.41) is 4.30. The normalized spacial score (nSPS) is 10.5. The number of anilines is 1. The summed E-state index contributed by atoms with van der Waals surface area (Å²) < 4.78 is 0. The van der Waals surface area contributed by atoms with Gasteiger partial charge in [-0.15, -0.1) is 0 Å². The first-order valence-corrected chi connectivity index (χ1v) is 6.27. The zero-order valence-corrected chi connectivity index (χ0v) is 10.5. The van der Waals surface area contributed by atoms with E-state index in [-0.39, 0.29) is 0 Å². The molecule has 0 saturated heterocycles. The van der Waals surface area contributed by atoms with E-state index in [9.17, 15) is 0 Å². The number of aromatic nitrogens is 3. The fourth-order valence-corrected chi connectivity index (χ4v) is 2.01. The van der Waals surface area contributed by atoms with E-state index in [2.05, 4.69) is 44.5 Å². The summed E-state index contributed by atoms with van der Waals surface area (Å²) >= 11 is 0. The van der Waals surface area contributed by atoms with Crippen LogP contribution in [-0.2, 0) is 6.42 Å². The third-order valence-corrected chi connectivity index (χ3v) is 2.96. The van der Waals surface area contributed by atoms with Gasteiger partial charge >= 0.3 is 0 Å². The molecule has 4 nitrogen and oxygen atoms in total. The van der Waals surface area contributed by atoms with E-state index >= 15 is 0 Å². The van der Waals surface area contributed by atoms with Gasteiger partial charge in [-0.3, -0.25) is 0 Å². The van der Waals surface area contributed by atoms with Crippen molar-refractivity contribution in [1.29, 1.82) is 0 Å². The van der Waals surface area contributed by atoms with Crippen LogP contribution in [0.15, 0.2) is 55.0 Å². The molecule has 0 aliphatic carbocycles. The maximum absolute atomic E-state index is 4.28. The molecule has 2 heterocycles. The monoisotopic (exact) mass is 250 g/mol. The van der Waals surface area contributed by atoms with Crippen LogP contribution in [0.2, 0.25) is 0 Å². The van der Waals surface area contributed by atoms with Gasteiger partial charge in [0.25, 0.3) is 0 Å². The number of pyridine rings is 1. The molecule has 94 valence electrons. The molecular weight excluding hydrogens is 236 g/mol. The van der Waals surface area contributed by atoms with E-state index in [1.807, 2.05) is 18.2 Å². The molecule has 0 fully saturated rings. The molecule has 4 heteroatoms. The Bertz CT molecular complexity index is 662. The maximum atomic E-state index is 4.28. The quantitative estimate of drug-likeness (QED) is 0.773. The Hall–Kier alpha value is -2.49. The van der Waals surface area contributed by atoms with Crippen molar-refractivity contribution in [2.45, 2.75) is 6.42 Å². The lowest BCUT2D eigenvalue weighted by molar-refractivity contribution is 1.00. The van der Waals surface area contributed by atoms with Crippen molar-refractivity contribution in [3.8, 4) is 0 Å². The molecule has 0 amide bonds. The molecule has 3 rings (SSSR count). The Balaban J connectivity index is 1.72. The summed E-state index contributed by atoms with van der Waals surface area (Å²) in [4.78, 5) is 12.6. The van der Waals surface area contributed by atoms with Crippen LogP contribution in [0.25, 0.3) is 11.0 Å². The fourth-order valence-electron chi connectivity index (χ4n) is 2.01. The highest BCUT2D eigenvalue weighted by Gasteiger charge is 2.02. The number of nitrogens with one attached hydrogen (secondary N) is 1. The Morgan fingerprint density at radius 3 is 2.68 bits per heavy atom. The minimum Gasteiger partial charge on any atom is -0.369 e. The molecule has 0 spiro atoms. The molecule has 0 unspecified atom stereocenters. The third kappa shape index (κ3) is 2.68. The van der Waals surface area contributed by atoms with Gasteiger partial charge in [0.05, 0.1) is 5.39 Å². The van der Waals surface area contributed by atoms with Gasteiger partial charge in [0.2, 0.25) is 0 Å². The van der Waals surface area contributed by atoms with Crippen LogP contribution in [0.3, 0.4) is 0 Å². The lowest BCUT2D eigenvalue weighted by Crippen LogP contribution is -2.07. The maximum Gasteiger partial charge on any atom is 0.164 e. The second kappa shape index (κ2) is 5.44. The van der Waals surface area contributed by atoms with Gasteiger partial charge in [-0.05, 0) is 24.1 Å². The second-order valence-corrected chi connectivity index (χ2v) is 4.26. The van der Waals surface area contributed by atoms with Crippen LogP contribution in [0.1, 0.15) is 5.56 Å². The average Bonchev–Trinajstić information content (AvgIpc) is 2.49. The van der Waals surface area contributed by atoms with Crippen LogP contribution in [0.4, 0.5) is 5.82 Å². The van der Waals surface area contributed by atoms with Crippen LogP contribution in [0.5, 0.6) is 0 Å². The highest BCUT2D eigenvalue weighted by Crippen LogP contribution is 2.16. The van der Waals surface area contributed by atoms with Gasteiger partial charge in [-0.1, -0.05) is 30.3 Å². The largest absolute Gasteiger partial charge is 0.369 e. The van der Waals surface area contributed by atoms with Crippen molar-refractivity contribution < 1.29 is 0 Å². The number of hydrogen-bond donors (Lipinski definition) is 1. The zero-order valence-electron chi connectivity index (χ0n) is 10.5. The lowest BCUT2D eigenvalue weighted by atomic mass is 10.1. The van der Waals surface area contributed by atoms with Crippen LogP contribution < -0.4 is 5.32 Å². The summed E-state index contributed by atoms with van der Waals surface area (Å²) in [5.41, 5.74) is 2.03. The van der Waals surface area contributed by atoms with Crippen molar-refractivity contribution in [2.24, 2.45) is 0 Å². The highest BCUT2D eigenvalue weighted by molar-refractivity contribution is 5.85. The van der Waals surface area contributed by atoms with Crippen LogP contribution in [-0.4, -0.2) is 21.5 Å². The SMILES string of the molecule is c1ccc(CCNc2ncnc3ncccc23)cc1. The number of nitrogens with zero attached hydrogens (tertiary/aromatic N) is 3. The van der Waals surface area contributed by atoms with Gasteiger partial charge in [0.1, 0.15) is 12.1 Å². The molecule has 0 atom stereocenters. The third-order valence-electron chi connectivity index (χ3n) is 2.96. The van der Waals surface area contributed by atoms with E-state index in [1.165, 1.54) is 5.56 Å². The second-order valence-electron chi connectivity index (χ2n) is 4.26. The molecule has 0 bridgehead atoms. The predicted molar refractivity (Wildman–Crippen MR) is 76.0 cm³/mol. The first-order chi connectivity index (χ1) is 9.43. The van der Waals surface area contributed by atoms with Crippen molar-refractivity contribution in [3.63, 3.8) is 0 Å². The van der Waals surface area contributed by atoms with Crippen LogP contribution >= 0.6 is 0 Å². The summed E-state index contributed by atoms with van der Waals surface area (Å²) in [5.74, 6) is 0.842. The molecule has 0 radical (unpaired) electrons. The molecule has 2 aromatic heterocycles. The van der Waals surface area contributed by atoms with E-state index in [1.54, 1.807) is 12.5 Å². The molecule has 0 saturated carbocycles. The highest BCUT2D eigenvalue weighted by atomic mass is 15.0. The molecule has 0 aliphatic heterocycles. The minimum absolute atomic E-state index is 0.722. The minimum atomic E-state index is 0.722. The number of rotatable bonds is 4. The van der Waals surface area contributed by atoms with Crippen LogP contribution in [0, 0.1) is 0 Å². The van der Waals surface area contributed by atoms with Gasteiger partial charge in [-0.2, -0.15) is 0 Å². The molecular formula is C15H14N4. The van der Waals surface area contributed by atoms with E-state index < -0.39 is 0 Å². The molecule has 1 aromatic carbocycles. The van der Waals surface area contributed by atoms with Crippen molar-refractivity contribution in [1.82, 2.24) is 15.0 Å². The molecule has 0 aliphatic rings. The van der Waals surface area contributed by atoms with Gasteiger partial charge in [0.15, 0.2) is 5.65 Å². The Labute approximate surface area is 111 Å². The van der Waals surface area contributed by atoms with E-state index in [0.29, 0.717) is 0 Å². The van der Waals surface area contributed by atoms with Crippen molar-refractivity contribution >= 4 is 16.9 Å². The van der Waals surface area contributed by atoms with E-state index in [0.717, 1.165) is 29.8 Å². The Kier molecular flexibility index (Phi) is 3.32. The molecule has 19 heavy (non-hydrogen) atoms. The predicted octanol–water partition coefficient (Wildman–Crippen LogP) is 2.68. The lowest BCUT2D eigenvalue weighted by Gasteiger charge is -2.07. The molecule has 1 N–H and O–H groups in total. The van der Waals surface area contributed by atoms with Crippen molar-refractivity contribution in [3.05, 3.63) is 60.6 Å². The first-order valence-electron chi connectivity index (χ1n) is 6.27. The smallest absolute Gasteiger partial charge is 0.164 e. The number of benzene rings is 1. The Morgan fingerprint density at radius 2 is 1.79 bits per heavy atom. The fraction of sp³-hybridized carbons (Fsp3) is 0.133. The van der Waals surface area contributed by atoms with Gasteiger partial charge in [0, 0.05) is 12.7 Å². The van der Waals surface area contributed by atoms with E-state index in [4.69, 9.17) is 0 Å². The summed E-state index contributed by atoms with van der Waals surface area (Å²) in [6.45, 7) is 0.838. The zero-order chi connectivity index (χ0) is 12.9. The summed E-state index contributed by atoms with van der Waals surface area (Å²) in [7, 11) is 0. The number of hydrogen-bond acceptors (Lipinski definition) is 4. The Morgan fingerprint density at radius 1 is 0.895 bits per heavy atom. The standard InChI is InChI=1S/C15H14N4/c1-2-5-12(6-3-1)8-10-17-15-13-7-4-9-16-14(13)18-11-19-15/h1-7,9,11H,8,10H2,(H,16,17,18,19). The van der Waals surface area contributed by atoms with Gasteiger partial charge in [-0.25, -0.2) is 15.0 Å². The van der Waals surface area contributed by atoms with Crippen molar-refractivity contribution in [2.75, 3.05) is 11.9 Å². The molecule has 3 aromatic rings. The first kappa shape index (κ1) is 11.6. The average molecular weight is 250 g/mol. The van der Waals surface area contributed by atoms with Gasteiger partial charge < -0.3 is 5.32 Å². The topological polar surface area (TPSA) is 50.7 Å². The number of fused-ring (bicyclic) bond motifs is 1. The summed E-state index contributed by atoms with van der Waals surface area (Å²) in [6.07, 6.45) is 4.25. The summed E-state index contributed by atoms with van der Waals surface area (Å²) in [6, 6.07) is 14.3.